The minimum absolute atomic E-state index is 0.00551. The lowest BCUT2D eigenvalue weighted by Crippen LogP contribution is -2.46. The van der Waals surface area contributed by atoms with Crippen LogP contribution in [0.3, 0.4) is 0 Å². The van der Waals surface area contributed by atoms with Crippen LogP contribution in [0.25, 0.3) is 0 Å². The highest BCUT2D eigenvalue weighted by Gasteiger charge is 2.35. The predicted octanol–water partition coefficient (Wildman–Crippen LogP) is 2.38. The van der Waals surface area contributed by atoms with Crippen LogP contribution < -0.4 is 5.32 Å². The fraction of sp³-hybridized carbons (Fsp3) is 0.833. The molecule has 0 radical (unpaired) electrons. The van der Waals surface area contributed by atoms with Gasteiger partial charge in [-0.05, 0) is 31.1 Å². The van der Waals surface area contributed by atoms with Crippen LogP contribution in [0.2, 0.25) is 0 Å². The van der Waals surface area contributed by atoms with Crippen molar-refractivity contribution in [1.82, 2.24) is 5.32 Å². The molecule has 1 saturated carbocycles. The first-order valence-corrected chi connectivity index (χ1v) is 5.59. The highest BCUT2D eigenvalue weighted by atomic mass is 16.1. The molecule has 1 aliphatic carbocycles. The van der Waals surface area contributed by atoms with Gasteiger partial charge in [0.2, 0.25) is 5.91 Å². The molecule has 0 aliphatic heterocycles. The molecular weight excluding hydrogens is 188 g/mol. The molecule has 15 heavy (non-hydrogen) atoms. The van der Waals surface area contributed by atoms with Gasteiger partial charge in [-0.3, -0.25) is 4.79 Å². The van der Waals surface area contributed by atoms with Gasteiger partial charge < -0.3 is 5.32 Å². The van der Waals surface area contributed by atoms with Crippen molar-refractivity contribution in [3.63, 3.8) is 0 Å². The topological polar surface area (TPSA) is 52.9 Å². The number of rotatable bonds is 2. The van der Waals surface area contributed by atoms with Gasteiger partial charge in [-0.25, -0.2) is 0 Å². The van der Waals surface area contributed by atoms with Crippen molar-refractivity contribution >= 4 is 5.91 Å². The molecule has 0 saturated heterocycles. The number of amides is 1. The third kappa shape index (κ3) is 3.54. The summed E-state index contributed by atoms with van der Waals surface area (Å²) in [5.74, 6) is 0.00551. The number of carbonyl (C=O) groups excluding carboxylic acids is 1. The first kappa shape index (κ1) is 12.0. The van der Waals surface area contributed by atoms with Crippen molar-refractivity contribution < 1.29 is 4.79 Å². The molecule has 0 atom stereocenters. The van der Waals surface area contributed by atoms with E-state index < -0.39 is 5.54 Å². The Bertz CT molecular complexity index is 277. The third-order valence-electron chi connectivity index (χ3n) is 2.74. The Morgan fingerprint density at radius 3 is 2.33 bits per heavy atom. The monoisotopic (exact) mass is 208 g/mol. The maximum Gasteiger partial charge on any atom is 0.221 e. The van der Waals surface area contributed by atoms with Crippen molar-refractivity contribution in [1.29, 1.82) is 5.26 Å². The standard InChI is InChI=1S/C12H20N2O/c1-11(2,3)8-10(15)14-12(9-13)6-4-5-7-12/h4-8H2,1-3H3,(H,14,15). The van der Waals surface area contributed by atoms with Crippen molar-refractivity contribution in [3.05, 3.63) is 0 Å². The van der Waals surface area contributed by atoms with E-state index in [4.69, 9.17) is 5.26 Å². The fourth-order valence-corrected chi connectivity index (χ4v) is 2.04. The van der Waals surface area contributed by atoms with Crippen LogP contribution in [0.5, 0.6) is 0 Å². The molecule has 1 aliphatic rings. The van der Waals surface area contributed by atoms with Gasteiger partial charge in [0.1, 0.15) is 5.54 Å². The summed E-state index contributed by atoms with van der Waals surface area (Å²) in [6, 6.07) is 2.26. The molecule has 0 unspecified atom stereocenters. The molecular formula is C12H20N2O. The summed E-state index contributed by atoms with van der Waals surface area (Å²) >= 11 is 0. The second-order valence-electron chi connectivity index (χ2n) is 5.69. The van der Waals surface area contributed by atoms with Gasteiger partial charge >= 0.3 is 0 Å². The van der Waals surface area contributed by atoms with Crippen molar-refractivity contribution in [2.75, 3.05) is 0 Å². The van der Waals surface area contributed by atoms with E-state index in [9.17, 15) is 4.79 Å². The molecule has 0 aromatic rings. The summed E-state index contributed by atoms with van der Waals surface area (Å²) in [4.78, 5) is 11.7. The SMILES string of the molecule is CC(C)(C)CC(=O)NC1(C#N)CCCC1. The molecule has 0 aromatic carbocycles. The van der Waals surface area contributed by atoms with E-state index in [0.29, 0.717) is 6.42 Å². The fourth-order valence-electron chi connectivity index (χ4n) is 2.04. The summed E-state index contributed by atoms with van der Waals surface area (Å²) < 4.78 is 0. The number of carbonyl (C=O) groups is 1. The number of hydrogen-bond donors (Lipinski definition) is 1. The molecule has 1 amide bonds. The van der Waals surface area contributed by atoms with Crippen LogP contribution in [0.4, 0.5) is 0 Å². The van der Waals surface area contributed by atoms with Gasteiger partial charge in [-0.15, -0.1) is 0 Å². The van der Waals surface area contributed by atoms with E-state index in [2.05, 4.69) is 11.4 Å². The maximum atomic E-state index is 11.7. The highest BCUT2D eigenvalue weighted by Crippen LogP contribution is 2.29. The Hall–Kier alpha value is -1.04. The summed E-state index contributed by atoms with van der Waals surface area (Å²) in [6.07, 6.45) is 4.18. The first-order chi connectivity index (χ1) is 6.87. The number of nitrogens with one attached hydrogen (secondary N) is 1. The van der Waals surface area contributed by atoms with Gasteiger partial charge in [0.15, 0.2) is 0 Å². The van der Waals surface area contributed by atoms with E-state index in [1.54, 1.807) is 0 Å². The van der Waals surface area contributed by atoms with Gasteiger partial charge in [0, 0.05) is 6.42 Å². The van der Waals surface area contributed by atoms with E-state index in [0.717, 1.165) is 25.7 Å². The van der Waals surface area contributed by atoms with Crippen LogP contribution >= 0.6 is 0 Å². The number of nitrogens with zero attached hydrogens (tertiary/aromatic N) is 1. The largest absolute Gasteiger partial charge is 0.338 e. The molecule has 0 heterocycles. The number of hydrogen-bond acceptors (Lipinski definition) is 2. The molecule has 1 rings (SSSR count). The van der Waals surface area contributed by atoms with Crippen molar-refractivity contribution in [3.8, 4) is 6.07 Å². The van der Waals surface area contributed by atoms with Crippen LogP contribution in [0.15, 0.2) is 0 Å². The average molecular weight is 208 g/mol. The van der Waals surface area contributed by atoms with Gasteiger partial charge in [-0.2, -0.15) is 5.26 Å². The van der Waals surface area contributed by atoms with Gasteiger partial charge in [0.05, 0.1) is 6.07 Å². The van der Waals surface area contributed by atoms with E-state index in [1.165, 1.54) is 0 Å². The van der Waals surface area contributed by atoms with E-state index >= 15 is 0 Å². The second-order valence-corrected chi connectivity index (χ2v) is 5.69. The summed E-state index contributed by atoms with van der Waals surface area (Å²) in [7, 11) is 0. The zero-order valence-electron chi connectivity index (χ0n) is 9.89. The molecule has 1 fully saturated rings. The zero-order chi connectivity index (χ0) is 11.5. The highest BCUT2D eigenvalue weighted by molar-refractivity contribution is 5.78. The predicted molar refractivity (Wildman–Crippen MR) is 59.0 cm³/mol. The van der Waals surface area contributed by atoms with Crippen LogP contribution in [0, 0.1) is 16.7 Å². The Morgan fingerprint density at radius 1 is 1.40 bits per heavy atom. The van der Waals surface area contributed by atoms with E-state index in [-0.39, 0.29) is 11.3 Å². The zero-order valence-corrected chi connectivity index (χ0v) is 9.89. The minimum Gasteiger partial charge on any atom is -0.338 e. The van der Waals surface area contributed by atoms with Gasteiger partial charge in [0.25, 0.3) is 0 Å². The lowest BCUT2D eigenvalue weighted by atomic mass is 9.90. The molecule has 0 spiro atoms. The van der Waals surface area contributed by atoms with Gasteiger partial charge in [-0.1, -0.05) is 20.8 Å². The molecule has 3 heteroatoms. The first-order valence-electron chi connectivity index (χ1n) is 5.59. The third-order valence-corrected chi connectivity index (χ3v) is 2.74. The molecule has 0 bridgehead atoms. The van der Waals surface area contributed by atoms with E-state index in [1.807, 2.05) is 20.8 Å². The van der Waals surface area contributed by atoms with Crippen molar-refractivity contribution in [2.45, 2.75) is 58.4 Å². The Kier molecular flexibility index (Phi) is 3.38. The minimum atomic E-state index is -0.567. The molecule has 3 nitrogen and oxygen atoms in total. The Balaban J connectivity index is 2.54. The quantitative estimate of drug-likeness (QED) is 0.757. The van der Waals surface area contributed by atoms with Crippen LogP contribution in [0.1, 0.15) is 52.9 Å². The maximum absolute atomic E-state index is 11.7. The lowest BCUT2D eigenvalue weighted by Gasteiger charge is -2.25. The molecule has 0 aromatic heterocycles. The normalized spacial score (nSPS) is 19.6. The number of nitriles is 1. The summed E-state index contributed by atoms with van der Waals surface area (Å²) in [5.41, 5.74) is -0.582. The Morgan fingerprint density at radius 2 is 1.93 bits per heavy atom. The summed E-state index contributed by atoms with van der Waals surface area (Å²) in [6.45, 7) is 6.08. The smallest absolute Gasteiger partial charge is 0.221 e. The molecule has 1 N–H and O–H groups in total. The Labute approximate surface area is 91.9 Å². The van der Waals surface area contributed by atoms with Crippen LogP contribution in [-0.4, -0.2) is 11.4 Å². The second kappa shape index (κ2) is 4.22. The lowest BCUT2D eigenvalue weighted by molar-refractivity contribution is -0.124. The summed E-state index contributed by atoms with van der Waals surface area (Å²) in [5, 5.41) is 12.0. The van der Waals surface area contributed by atoms with Crippen molar-refractivity contribution in [2.24, 2.45) is 5.41 Å². The van der Waals surface area contributed by atoms with Crippen LogP contribution in [-0.2, 0) is 4.79 Å². The molecule has 84 valence electrons. The average Bonchev–Trinajstić information content (AvgIpc) is 2.50.